The number of aliphatic hydroxyl groups is 1. The van der Waals surface area contributed by atoms with E-state index in [4.69, 9.17) is 31.5 Å². The molecular weight excluding hydrogens is 862 g/mol. The molecule has 4 amide bonds. The van der Waals surface area contributed by atoms with Crippen LogP contribution < -0.4 is 21.7 Å². The molecule has 0 bridgehead atoms. The summed E-state index contributed by atoms with van der Waals surface area (Å²) in [5.74, 6) is 0.648. The zero-order valence-electron chi connectivity index (χ0n) is 40.1. The lowest BCUT2D eigenvalue weighted by molar-refractivity contribution is -0.0907. The molecule has 0 spiro atoms. The highest BCUT2D eigenvalue weighted by atomic mass is 35.5. The molecule has 2 saturated heterocycles. The zero-order chi connectivity index (χ0) is 48.3. The summed E-state index contributed by atoms with van der Waals surface area (Å²) in [5.41, 5.74) is 7.23. The number of carbonyl (C=O) groups is 3. The van der Waals surface area contributed by atoms with Crippen LogP contribution in [-0.4, -0.2) is 144 Å². The van der Waals surface area contributed by atoms with Crippen molar-refractivity contribution in [3.05, 3.63) is 60.2 Å². The average Bonchev–Trinajstić information content (AvgIpc) is 3.87. The van der Waals surface area contributed by atoms with E-state index in [0.29, 0.717) is 36.6 Å². The second kappa shape index (κ2) is 27.1. The van der Waals surface area contributed by atoms with Gasteiger partial charge in [-0.3, -0.25) is 4.79 Å². The fourth-order valence-electron chi connectivity index (χ4n) is 6.89. The monoisotopic (exact) mass is 940 g/mol. The first-order chi connectivity index (χ1) is 29.9. The first kappa shape index (κ1) is 56.4. The largest absolute Gasteiger partial charge is 0.443 e. The van der Waals surface area contributed by atoms with Gasteiger partial charge >= 0.3 is 17.5 Å². The van der Waals surface area contributed by atoms with Crippen LogP contribution >= 0.6 is 11.6 Å². The number of aliphatic hydroxyl groups excluding tert-OH is 1. The maximum absolute atomic E-state index is 14.1. The Labute approximate surface area is 388 Å². The predicted molar refractivity (Wildman–Crippen MR) is 254 cm³/mol. The molecule has 2 aliphatic rings. The summed E-state index contributed by atoms with van der Waals surface area (Å²) < 4.78 is 46.3. The van der Waals surface area contributed by atoms with Crippen molar-refractivity contribution < 1.29 is 42.1 Å². The third-order valence-electron chi connectivity index (χ3n) is 11.7. The normalized spacial score (nSPS) is 18.1. The Morgan fingerprint density at radius 1 is 0.969 bits per heavy atom. The lowest BCUT2D eigenvalue weighted by atomic mass is 9.77. The number of halogens is 1. The van der Waals surface area contributed by atoms with Crippen molar-refractivity contribution in [2.24, 2.45) is 28.4 Å². The van der Waals surface area contributed by atoms with E-state index >= 15 is 0 Å². The number of alkyl carbamates (subject to hydrolysis) is 1. The number of rotatable bonds is 20. The Kier molecular flexibility index (Phi) is 23.9. The first-order valence-electron chi connectivity index (χ1n) is 22.2. The Morgan fingerprint density at radius 2 is 1.62 bits per heavy atom. The minimum Gasteiger partial charge on any atom is -0.443 e. The SMILES string of the molecule is CC(C)C(C)(C)CCCNC(=O)N(C)C.CN(C)C(=O)Cl.CNc1cccc(S(=O)(=O)N(CC(O)[C@H](Cc2ccccc2)NC(=O)OC2COC3OCCC23)CC(C)(C)CCCN)c1. The smallest absolute Gasteiger partial charge is 0.407 e. The molecule has 6 N–H and O–H groups in total. The van der Waals surface area contributed by atoms with Crippen LogP contribution in [0.25, 0.3) is 0 Å². The van der Waals surface area contributed by atoms with Gasteiger partial charge in [-0.2, -0.15) is 4.31 Å². The van der Waals surface area contributed by atoms with Crippen LogP contribution in [0.2, 0.25) is 0 Å². The number of fused-ring (bicyclic) bond motifs is 1. The van der Waals surface area contributed by atoms with E-state index in [0.717, 1.165) is 37.8 Å². The zero-order valence-corrected chi connectivity index (χ0v) is 41.6. The van der Waals surface area contributed by atoms with Gasteiger partial charge in [-0.05, 0) is 97.2 Å². The minimum absolute atomic E-state index is 0.00245. The van der Waals surface area contributed by atoms with Crippen LogP contribution in [0.4, 0.5) is 20.1 Å². The molecule has 0 aromatic heterocycles. The summed E-state index contributed by atoms with van der Waals surface area (Å²) in [5, 5.41) is 19.9. The third-order valence-corrected chi connectivity index (χ3v) is 13.9. The summed E-state index contributed by atoms with van der Waals surface area (Å²) in [6.45, 7) is 15.0. The van der Waals surface area contributed by atoms with Crippen molar-refractivity contribution in [3.63, 3.8) is 0 Å². The topological polar surface area (TPSA) is 205 Å². The molecule has 2 heterocycles. The molecule has 4 unspecified atom stereocenters. The lowest BCUT2D eigenvalue weighted by Gasteiger charge is -2.35. The van der Waals surface area contributed by atoms with E-state index in [1.54, 1.807) is 64.4 Å². The van der Waals surface area contributed by atoms with Gasteiger partial charge in [0.25, 0.3) is 0 Å². The number of anilines is 1. The van der Waals surface area contributed by atoms with E-state index in [-0.39, 0.29) is 49.3 Å². The van der Waals surface area contributed by atoms with Crippen molar-refractivity contribution in [3.8, 4) is 0 Å². The second-order valence-electron chi connectivity index (χ2n) is 18.6. The molecule has 5 atom stereocenters. The molecule has 4 rings (SSSR count). The van der Waals surface area contributed by atoms with Gasteiger partial charge in [0.1, 0.15) is 6.10 Å². The van der Waals surface area contributed by atoms with Gasteiger partial charge in [-0.25, -0.2) is 18.0 Å². The van der Waals surface area contributed by atoms with Gasteiger partial charge in [0, 0.05) is 60.6 Å². The molecule has 2 aromatic carbocycles. The van der Waals surface area contributed by atoms with Crippen molar-refractivity contribution in [1.29, 1.82) is 0 Å². The van der Waals surface area contributed by atoms with Crippen LogP contribution in [0.1, 0.15) is 79.2 Å². The maximum Gasteiger partial charge on any atom is 0.407 e. The van der Waals surface area contributed by atoms with Gasteiger partial charge in [0.2, 0.25) is 10.0 Å². The van der Waals surface area contributed by atoms with Crippen LogP contribution in [-0.2, 0) is 30.7 Å². The number of benzene rings is 2. The number of amides is 4. The number of ether oxygens (including phenoxy) is 3. The summed E-state index contributed by atoms with van der Waals surface area (Å²) in [6, 6.07) is 15.2. The van der Waals surface area contributed by atoms with Crippen LogP contribution in [0.5, 0.6) is 0 Å². The Hall–Kier alpha value is -3.71. The Balaban J connectivity index is 0.000000555. The molecule has 0 radical (unpaired) electrons. The number of carbonyl (C=O) groups excluding carboxylic acids is 3. The molecule has 18 heteroatoms. The van der Waals surface area contributed by atoms with E-state index < -0.39 is 45.1 Å². The lowest BCUT2D eigenvalue weighted by Crippen LogP contribution is -2.52. The number of nitrogens with one attached hydrogen (secondary N) is 3. The molecule has 64 heavy (non-hydrogen) atoms. The number of hydrogen-bond acceptors (Lipinski definition) is 11. The first-order valence-corrected chi connectivity index (χ1v) is 24.0. The average molecular weight is 941 g/mol. The highest BCUT2D eigenvalue weighted by Crippen LogP contribution is 2.34. The van der Waals surface area contributed by atoms with E-state index in [2.05, 4.69) is 43.6 Å². The van der Waals surface area contributed by atoms with Crippen molar-refractivity contribution in [2.75, 3.05) is 79.9 Å². The summed E-state index contributed by atoms with van der Waals surface area (Å²) >= 11 is 4.90. The number of nitrogens with two attached hydrogens (primary N) is 1. The fourth-order valence-corrected chi connectivity index (χ4v) is 8.58. The molecule has 16 nitrogen and oxygen atoms in total. The van der Waals surface area contributed by atoms with Gasteiger partial charge in [0.05, 0.1) is 36.2 Å². The highest BCUT2D eigenvalue weighted by molar-refractivity contribution is 7.89. The Bertz CT molecular complexity index is 1820. The number of urea groups is 1. The van der Waals surface area contributed by atoms with Crippen molar-refractivity contribution in [1.82, 2.24) is 24.7 Å². The fraction of sp³-hybridized carbons (Fsp3) is 0.674. The van der Waals surface area contributed by atoms with Crippen LogP contribution in [0.3, 0.4) is 0 Å². The van der Waals surface area contributed by atoms with Gasteiger partial charge in [-0.15, -0.1) is 0 Å². The molecule has 364 valence electrons. The standard InChI is InChI=1S/C31H46N4O7S.C12H26N2O.C3H6ClNO/c1-31(2,14-8-15-32)21-35(43(38,39)24-12-7-11-23(18-24)33-3)19-27(36)26(17-22-9-5-4-6-10-22)34-30(37)42-28-20-41-29-25(28)13-16-40-29;1-10(2)12(3,4)8-7-9-13-11(15)14(5)6;1-5(2)3(4)6/h4-7,9-12,18,25-29,33,36H,8,13-17,19-21,32H2,1-3H3,(H,34,37);10H,7-9H2,1-6H3,(H,13,15);1-2H3/t25?,26-,27?,28?,29?;;/m0../s1. The summed E-state index contributed by atoms with van der Waals surface area (Å²) in [6.07, 6.45) is 1.88. The molecule has 0 saturated carbocycles. The maximum atomic E-state index is 14.1. The third kappa shape index (κ3) is 19.4. The minimum atomic E-state index is -4.02. The molecular formula is C46H78ClN7O9S. The number of nitrogens with zero attached hydrogens (tertiary/aromatic N) is 3. The second-order valence-corrected chi connectivity index (χ2v) is 20.9. The van der Waals surface area contributed by atoms with E-state index in [1.165, 1.54) is 9.21 Å². The Morgan fingerprint density at radius 3 is 2.20 bits per heavy atom. The highest BCUT2D eigenvalue weighted by Gasteiger charge is 2.44. The molecule has 0 aliphatic carbocycles. The van der Waals surface area contributed by atoms with E-state index in [1.807, 2.05) is 44.2 Å². The summed E-state index contributed by atoms with van der Waals surface area (Å²) in [7, 11) is 4.40. The number of sulfonamides is 1. The molecule has 2 aromatic rings. The van der Waals surface area contributed by atoms with Crippen LogP contribution in [0.15, 0.2) is 59.5 Å². The molecule has 2 aliphatic heterocycles. The van der Waals surface area contributed by atoms with Crippen molar-refractivity contribution in [2.45, 2.75) is 110 Å². The van der Waals surface area contributed by atoms with E-state index in [9.17, 15) is 27.9 Å². The quantitative estimate of drug-likeness (QED) is 0.0546. The number of hydrogen-bond donors (Lipinski definition) is 5. The summed E-state index contributed by atoms with van der Waals surface area (Å²) in [4.78, 5) is 37.1. The van der Waals surface area contributed by atoms with Gasteiger partial charge in [0.15, 0.2) is 6.29 Å². The van der Waals surface area contributed by atoms with Crippen LogP contribution in [0, 0.1) is 22.7 Å². The van der Waals surface area contributed by atoms with Gasteiger partial charge < -0.3 is 50.8 Å². The molecule has 2 fully saturated rings. The van der Waals surface area contributed by atoms with Crippen molar-refractivity contribution >= 4 is 44.8 Å². The predicted octanol–water partition coefficient (Wildman–Crippen LogP) is 6.57. The van der Waals surface area contributed by atoms with Gasteiger partial charge in [-0.1, -0.05) is 77.9 Å².